The average molecular weight is 717 g/mol. The maximum atomic E-state index is 12.7. The van der Waals surface area contributed by atoms with Crippen molar-refractivity contribution in [2.75, 3.05) is 47.5 Å². The van der Waals surface area contributed by atoms with Gasteiger partial charge in [-0.1, -0.05) is 22.8 Å². The van der Waals surface area contributed by atoms with Gasteiger partial charge in [0.15, 0.2) is 40.3 Å². The molecule has 6 rings (SSSR count). The van der Waals surface area contributed by atoms with Crippen LogP contribution in [0.4, 0.5) is 5.69 Å². The van der Waals surface area contributed by atoms with E-state index in [1.165, 1.54) is 0 Å². The van der Waals surface area contributed by atoms with Crippen molar-refractivity contribution in [3.63, 3.8) is 0 Å². The number of hydrogen-bond acceptors (Lipinski definition) is 12. The number of benzene rings is 4. The summed E-state index contributed by atoms with van der Waals surface area (Å²) in [4.78, 5) is 18.7. The maximum Gasteiger partial charge on any atom is 0.255 e. The van der Waals surface area contributed by atoms with Gasteiger partial charge in [0, 0.05) is 27.9 Å². The number of nitrogens with one attached hydrogen (secondary N) is 3. The highest BCUT2D eigenvalue weighted by molar-refractivity contribution is 6.31. The molecule has 0 aliphatic carbocycles. The number of carbonyl (C=O) groups excluding carboxylic acids is 1. The van der Waals surface area contributed by atoms with E-state index in [0.717, 1.165) is 11.1 Å². The first kappa shape index (κ1) is 35.1. The van der Waals surface area contributed by atoms with Crippen LogP contribution in [0.3, 0.4) is 0 Å². The zero-order valence-electron chi connectivity index (χ0n) is 28.8. The lowest BCUT2D eigenvalue weighted by Gasteiger charge is -2.28. The number of anilines is 1. The molecule has 1 aliphatic rings. The normalized spacial score (nSPS) is 14.0. The van der Waals surface area contributed by atoms with E-state index in [-0.39, 0.29) is 18.6 Å². The summed E-state index contributed by atoms with van der Waals surface area (Å²) in [6.45, 7) is 2.15. The minimum atomic E-state index is -0.466. The molecule has 2 atom stereocenters. The highest BCUT2D eigenvalue weighted by Crippen LogP contribution is 2.42. The molecule has 2 heterocycles. The van der Waals surface area contributed by atoms with Crippen molar-refractivity contribution in [1.82, 2.24) is 16.0 Å². The monoisotopic (exact) mass is 716 g/mol. The minimum Gasteiger partial charge on any atom is -0.493 e. The summed E-state index contributed by atoms with van der Waals surface area (Å²) >= 11 is 6.07. The van der Waals surface area contributed by atoms with Gasteiger partial charge < -0.3 is 48.4 Å². The van der Waals surface area contributed by atoms with Crippen molar-refractivity contribution >= 4 is 23.2 Å². The first-order valence-electron chi connectivity index (χ1n) is 15.8. The summed E-state index contributed by atoms with van der Waals surface area (Å²) in [6, 6.07) is 21.2. The Bertz CT molecular complexity index is 2010. The lowest BCUT2D eigenvalue weighted by molar-refractivity contribution is 0.0935. The van der Waals surface area contributed by atoms with Crippen LogP contribution in [0.25, 0.3) is 22.6 Å². The largest absolute Gasteiger partial charge is 0.493 e. The lowest BCUT2D eigenvalue weighted by atomic mass is 10.1. The van der Waals surface area contributed by atoms with Crippen LogP contribution in [0.15, 0.2) is 77.3 Å². The zero-order chi connectivity index (χ0) is 36.1. The maximum absolute atomic E-state index is 12.7. The molecule has 1 aliphatic heterocycles. The van der Waals surface area contributed by atoms with Gasteiger partial charge in [0.2, 0.25) is 5.75 Å². The van der Waals surface area contributed by atoms with Crippen LogP contribution in [0.1, 0.15) is 29.0 Å². The number of hydroxylamine groups is 1. The predicted octanol–water partition coefficient (Wildman–Crippen LogP) is 6.91. The predicted molar refractivity (Wildman–Crippen MR) is 191 cm³/mol. The first-order chi connectivity index (χ1) is 24.7. The quantitative estimate of drug-likeness (QED) is 0.103. The third kappa shape index (κ3) is 7.54. The molecule has 1 amide bonds. The third-order valence-electron chi connectivity index (χ3n) is 8.10. The second kappa shape index (κ2) is 15.4. The van der Waals surface area contributed by atoms with E-state index in [1.54, 1.807) is 84.1 Å². The van der Waals surface area contributed by atoms with Gasteiger partial charge >= 0.3 is 0 Å². The Morgan fingerprint density at radius 2 is 1.47 bits per heavy atom. The van der Waals surface area contributed by atoms with Gasteiger partial charge in [-0.3, -0.25) is 4.79 Å². The molecule has 0 spiro atoms. The number of halogens is 1. The molecule has 0 bridgehead atoms. The van der Waals surface area contributed by atoms with Crippen molar-refractivity contribution in [2.24, 2.45) is 0 Å². The minimum absolute atomic E-state index is 0.223. The van der Waals surface area contributed by atoms with Crippen LogP contribution in [0.2, 0.25) is 5.02 Å². The fraction of sp³-hybridized carbons (Fsp3) is 0.243. The number of ether oxygens (including phenoxy) is 6. The van der Waals surface area contributed by atoms with Crippen LogP contribution in [-0.2, 0) is 0 Å². The van der Waals surface area contributed by atoms with Crippen LogP contribution in [-0.4, -0.2) is 59.3 Å². The third-order valence-corrected chi connectivity index (χ3v) is 8.34. The molecule has 5 aromatic rings. The Morgan fingerprint density at radius 3 is 2.18 bits per heavy atom. The fourth-order valence-corrected chi connectivity index (χ4v) is 5.65. The number of nitrogens with zero attached hydrogens (tertiary/aromatic N) is 1. The lowest BCUT2D eigenvalue weighted by Crippen LogP contribution is -2.38. The van der Waals surface area contributed by atoms with Gasteiger partial charge in [-0.05, 0) is 73.2 Å². The number of carbonyl (C=O) groups is 1. The number of hydrogen-bond donors (Lipinski definition) is 3. The number of amides is 1. The molecular formula is C37H37ClN4O9. The van der Waals surface area contributed by atoms with Gasteiger partial charge in [-0.25, -0.2) is 0 Å². The van der Waals surface area contributed by atoms with Crippen molar-refractivity contribution < 1.29 is 42.6 Å². The Balaban J connectivity index is 1.10. The smallest absolute Gasteiger partial charge is 0.255 e. The van der Waals surface area contributed by atoms with Crippen molar-refractivity contribution in [2.45, 2.75) is 19.1 Å². The van der Waals surface area contributed by atoms with Crippen molar-refractivity contribution in [3.8, 4) is 62.8 Å². The molecule has 0 fully saturated rings. The molecule has 14 heteroatoms. The second-order valence-corrected chi connectivity index (χ2v) is 11.9. The Morgan fingerprint density at radius 1 is 0.765 bits per heavy atom. The Kier molecular flexibility index (Phi) is 10.6. The number of methoxy groups -OCH3 is 5. The van der Waals surface area contributed by atoms with Crippen molar-refractivity contribution in [3.05, 3.63) is 88.9 Å². The summed E-state index contributed by atoms with van der Waals surface area (Å²) in [5.74, 6) is 3.73. The highest BCUT2D eigenvalue weighted by Gasteiger charge is 2.26. The van der Waals surface area contributed by atoms with Crippen LogP contribution in [0, 0.1) is 0 Å². The average Bonchev–Trinajstić information content (AvgIpc) is 3.66. The standard InChI is InChI=1S/C37H37ClN4O9/c1-20(19-49-29-12-8-22(14-31(29)45-3)36-39-26-10-9-24(38)17-25(26)37(43)40-36)41-51-32-13-21(7-11-28(32)44-2)27-18-30(50-42-27)23-15-33(46-4)35(48-6)34(16-23)47-5/h7-18,20,36,39,41H,19H2,1-6H3,(H,40,43). The van der Waals surface area contributed by atoms with E-state index in [9.17, 15) is 4.79 Å². The molecule has 2 unspecified atom stereocenters. The molecule has 3 N–H and O–H groups in total. The number of rotatable bonds is 14. The Labute approximate surface area is 299 Å². The fourth-order valence-electron chi connectivity index (χ4n) is 5.48. The molecule has 0 saturated carbocycles. The van der Waals surface area contributed by atoms with Crippen LogP contribution in [0.5, 0.6) is 40.2 Å². The van der Waals surface area contributed by atoms with Crippen LogP contribution >= 0.6 is 11.6 Å². The van der Waals surface area contributed by atoms with Crippen LogP contribution < -0.4 is 49.4 Å². The van der Waals surface area contributed by atoms with Gasteiger partial charge in [0.05, 0.1) is 47.2 Å². The van der Waals surface area contributed by atoms with E-state index < -0.39 is 6.17 Å². The molecule has 0 saturated heterocycles. The number of fused-ring (bicyclic) bond motifs is 1. The topological polar surface area (TPSA) is 144 Å². The van der Waals surface area contributed by atoms with E-state index >= 15 is 0 Å². The summed E-state index contributed by atoms with van der Waals surface area (Å²) in [5, 5.41) is 11.0. The zero-order valence-corrected chi connectivity index (χ0v) is 29.5. The molecule has 51 heavy (non-hydrogen) atoms. The van der Waals surface area contributed by atoms with E-state index in [2.05, 4.69) is 21.3 Å². The molecule has 1 aromatic heterocycles. The van der Waals surface area contributed by atoms with Gasteiger partial charge in [0.25, 0.3) is 5.91 Å². The molecule has 4 aromatic carbocycles. The molecular weight excluding hydrogens is 680 g/mol. The van der Waals surface area contributed by atoms with E-state index in [0.29, 0.717) is 73.5 Å². The van der Waals surface area contributed by atoms with Gasteiger partial charge in [0.1, 0.15) is 18.5 Å². The summed E-state index contributed by atoms with van der Waals surface area (Å²) in [7, 11) is 7.77. The van der Waals surface area contributed by atoms with Gasteiger partial charge in [-0.15, -0.1) is 0 Å². The molecule has 0 radical (unpaired) electrons. The molecule has 13 nitrogen and oxygen atoms in total. The van der Waals surface area contributed by atoms with E-state index in [4.69, 9.17) is 49.4 Å². The van der Waals surface area contributed by atoms with Gasteiger partial charge in [-0.2, -0.15) is 5.48 Å². The summed E-state index contributed by atoms with van der Waals surface area (Å²) < 4.78 is 39.3. The number of aromatic nitrogens is 1. The SMILES string of the molecule is COc1cc(C2NC(=O)c3cc(Cl)ccc3N2)ccc1OCC(C)NOc1cc(-c2cc(-c3cc(OC)c(OC)c(OC)c3)on2)ccc1OC. The van der Waals surface area contributed by atoms with Crippen molar-refractivity contribution in [1.29, 1.82) is 0 Å². The van der Waals surface area contributed by atoms with E-state index in [1.807, 2.05) is 31.2 Å². The second-order valence-electron chi connectivity index (χ2n) is 11.4. The Hall–Kier alpha value is -5.79. The summed E-state index contributed by atoms with van der Waals surface area (Å²) in [6.07, 6.45) is -0.466. The highest BCUT2D eigenvalue weighted by atomic mass is 35.5. The molecule has 266 valence electrons. The first-order valence-corrected chi connectivity index (χ1v) is 16.2. The summed E-state index contributed by atoms with van der Waals surface area (Å²) in [5.41, 5.74) is 6.99.